The van der Waals surface area contributed by atoms with Gasteiger partial charge in [-0.25, -0.2) is 13.4 Å². The Hall–Kier alpha value is -3.85. The number of aromatic nitrogens is 2. The van der Waals surface area contributed by atoms with Gasteiger partial charge >= 0.3 is 6.18 Å². The molecule has 1 heterocycles. The SMILES string of the molecule is CS(=O)(=O)c1ccc(Cn2cc(-c3ccc(Cl)cc3Cl)nc2/C=C/c2ccc(-c3cccc(C(F)(F)F)c3)cc2)cc1. The van der Waals surface area contributed by atoms with Crippen LogP contribution in [0, 0.1) is 0 Å². The first-order chi connectivity index (χ1) is 19.9. The van der Waals surface area contributed by atoms with E-state index in [1.807, 2.05) is 35.0 Å². The molecule has 1 aromatic heterocycles. The number of benzene rings is 4. The second kappa shape index (κ2) is 11.8. The van der Waals surface area contributed by atoms with E-state index in [4.69, 9.17) is 28.2 Å². The van der Waals surface area contributed by atoms with E-state index in [0.717, 1.165) is 29.5 Å². The number of nitrogens with zero attached hydrogens (tertiary/aromatic N) is 2. The van der Waals surface area contributed by atoms with E-state index in [1.54, 1.807) is 60.7 Å². The third-order valence-electron chi connectivity index (χ3n) is 6.58. The summed E-state index contributed by atoms with van der Waals surface area (Å²) in [5.74, 6) is 0.616. The molecule has 0 bridgehead atoms. The van der Waals surface area contributed by atoms with Crippen LogP contribution in [0.25, 0.3) is 34.5 Å². The summed E-state index contributed by atoms with van der Waals surface area (Å²) in [5.41, 5.74) is 3.46. The summed E-state index contributed by atoms with van der Waals surface area (Å²) >= 11 is 12.5. The molecular formula is C32H23Cl2F3N2O2S. The Morgan fingerprint density at radius 2 is 1.57 bits per heavy atom. The number of alkyl halides is 3. The van der Waals surface area contributed by atoms with Gasteiger partial charge in [-0.2, -0.15) is 13.2 Å². The molecule has 214 valence electrons. The Balaban J connectivity index is 1.45. The van der Waals surface area contributed by atoms with Crippen LogP contribution < -0.4 is 0 Å². The van der Waals surface area contributed by atoms with Crippen LogP contribution in [0.1, 0.15) is 22.5 Å². The van der Waals surface area contributed by atoms with Crippen molar-refractivity contribution in [3.63, 3.8) is 0 Å². The van der Waals surface area contributed by atoms with Gasteiger partial charge in [0.05, 0.1) is 21.2 Å². The van der Waals surface area contributed by atoms with Crippen molar-refractivity contribution in [1.82, 2.24) is 9.55 Å². The Kier molecular flexibility index (Phi) is 8.32. The zero-order valence-electron chi connectivity index (χ0n) is 22.1. The minimum Gasteiger partial charge on any atom is -0.326 e. The van der Waals surface area contributed by atoms with Crippen molar-refractivity contribution in [3.8, 4) is 22.4 Å². The van der Waals surface area contributed by atoms with Crippen LogP contribution in [0.15, 0.2) is 102 Å². The monoisotopic (exact) mass is 626 g/mol. The fourth-order valence-corrected chi connectivity index (χ4v) is 5.52. The van der Waals surface area contributed by atoms with E-state index in [0.29, 0.717) is 44.8 Å². The lowest BCUT2D eigenvalue weighted by Crippen LogP contribution is -2.04. The number of halogens is 5. The fraction of sp³-hybridized carbons (Fsp3) is 0.0938. The summed E-state index contributed by atoms with van der Waals surface area (Å²) in [7, 11) is -3.32. The minimum atomic E-state index is -4.41. The predicted molar refractivity (Wildman–Crippen MR) is 162 cm³/mol. The van der Waals surface area contributed by atoms with Gasteiger partial charge < -0.3 is 4.57 Å². The molecule has 0 aliphatic carbocycles. The Bertz CT molecular complexity index is 1880. The maximum atomic E-state index is 13.1. The number of imidazole rings is 1. The molecule has 10 heteroatoms. The van der Waals surface area contributed by atoms with Crippen LogP contribution in [0.3, 0.4) is 0 Å². The first-order valence-electron chi connectivity index (χ1n) is 12.6. The standard InChI is InChI=1S/C32H23Cl2F3N2O2S/c1-42(40,41)27-13-7-22(8-14-27)19-39-20-30(28-15-12-26(33)18-29(28)34)38-31(39)16-9-21-5-10-23(11-6-21)24-3-2-4-25(17-24)32(35,36)37/h2-18,20H,19H2,1H3/b16-9+. The molecule has 0 fully saturated rings. The van der Waals surface area contributed by atoms with Gasteiger partial charge in [0.2, 0.25) is 0 Å². The van der Waals surface area contributed by atoms with Gasteiger partial charge in [-0.05, 0) is 70.8 Å². The summed E-state index contributed by atoms with van der Waals surface area (Å²) < 4.78 is 65.1. The van der Waals surface area contributed by atoms with Gasteiger partial charge in [0.1, 0.15) is 5.82 Å². The van der Waals surface area contributed by atoms with Crippen LogP contribution >= 0.6 is 23.2 Å². The lowest BCUT2D eigenvalue weighted by Gasteiger charge is -2.09. The predicted octanol–water partition coefficient (Wildman–Crippen LogP) is 9.16. The second-order valence-electron chi connectivity index (χ2n) is 9.69. The molecule has 5 aromatic rings. The van der Waals surface area contributed by atoms with Gasteiger partial charge in [0.15, 0.2) is 9.84 Å². The van der Waals surface area contributed by atoms with Gasteiger partial charge in [-0.15, -0.1) is 0 Å². The Morgan fingerprint density at radius 3 is 2.21 bits per heavy atom. The number of sulfone groups is 1. The summed E-state index contributed by atoms with van der Waals surface area (Å²) in [4.78, 5) is 5.02. The van der Waals surface area contributed by atoms with Crippen molar-refractivity contribution in [2.24, 2.45) is 0 Å². The van der Waals surface area contributed by atoms with Crippen LogP contribution in [-0.4, -0.2) is 24.2 Å². The number of rotatable bonds is 7. The zero-order valence-corrected chi connectivity index (χ0v) is 24.4. The molecule has 0 amide bonds. The molecule has 42 heavy (non-hydrogen) atoms. The summed E-state index contributed by atoms with van der Waals surface area (Å²) in [6.45, 7) is 0.413. The molecular weight excluding hydrogens is 604 g/mol. The largest absolute Gasteiger partial charge is 0.416 e. The normalized spacial score (nSPS) is 12.2. The first kappa shape index (κ1) is 29.6. The Labute approximate surface area is 251 Å². The molecule has 4 nitrogen and oxygen atoms in total. The van der Waals surface area contributed by atoms with Crippen LogP contribution in [0.5, 0.6) is 0 Å². The van der Waals surface area contributed by atoms with Crippen molar-refractivity contribution in [1.29, 1.82) is 0 Å². The smallest absolute Gasteiger partial charge is 0.326 e. The molecule has 0 N–H and O–H groups in total. The van der Waals surface area contributed by atoms with Crippen molar-refractivity contribution < 1.29 is 21.6 Å². The summed E-state index contributed by atoms with van der Waals surface area (Å²) in [5, 5.41) is 0.952. The maximum absolute atomic E-state index is 13.1. The summed E-state index contributed by atoms with van der Waals surface area (Å²) in [6, 6.07) is 24.2. The third kappa shape index (κ3) is 6.95. The van der Waals surface area contributed by atoms with Crippen LogP contribution in [0.2, 0.25) is 10.0 Å². The zero-order chi connectivity index (χ0) is 30.1. The third-order valence-corrected chi connectivity index (χ3v) is 8.25. The highest BCUT2D eigenvalue weighted by Crippen LogP contribution is 2.33. The van der Waals surface area contributed by atoms with Crippen LogP contribution in [-0.2, 0) is 22.6 Å². The van der Waals surface area contributed by atoms with Gasteiger partial charge in [0.25, 0.3) is 0 Å². The molecule has 0 aliphatic rings. The van der Waals surface area contributed by atoms with Gasteiger partial charge in [-0.1, -0.05) is 77.8 Å². The molecule has 4 aromatic carbocycles. The molecule has 5 rings (SSSR count). The molecule has 0 radical (unpaired) electrons. The lowest BCUT2D eigenvalue weighted by atomic mass is 10.0. The fourth-order valence-electron chi connectivity index (χ4n) is 4.39. The highest BCUT2D eigenvalue weighted by Gasteiger charge is 2.30. The molecule has 0 saturated heterocycles. The van der Waals surface area contributed by atoms with Gasteiger partial charge in [0, 0.05) is 29.6 Å². The van der Waals surface area contributed by atoms with Gasteiger partial charge in [-0.3, -0.25) is 0 Å². The molecule has 0 atom stereocenters. The van der Waals surface area contributed by atoms with E-state index >= 15 is 0 Å². The summed E-state index contributed by atoms with van der Waals surface area (Å²) in [6.07, 6.45) is 2.29. The maximum Gasteiger partial charge on any atom is 0.416 e. The molecule has 0 spiro atoms. The highest BCUT2D eigenvalue weighted by atomic mass is 35.5. The quantitative estimate of drug-likeness (QED) is 0.181. The highest BCUT2D eigenvalue weighted by molar-refractivity contribution is 7.90. The molecule has 0 saturated carbocycles. The molecule has 0 aliphatic heterocycles. The average molecular weight is 628 g/mol. The van der Waals surface area contributed by atoms with E-state index in [1.165, 1.54) is 6.07 Å². The van der Waals surface area contributed by atoms with E-state index in [-0.39, 0.29) is 4.90 Å². The van der Waals surface area contributed by atoms with E-state index < -0.39 is 21.6 Å². The van der Waals surface area contributed by atoms with Crippen molar-refractivity contribution in [3.05, 3.63) is 130 Å². The Morgan fingerprint density at radius 1 is 0.857 bits per heavy atom. The number of hydrogen-bond donors (Lipinski definition) is 0. The molecule has 0 unspecified atom stereocenters. The topological polar surface area (TPSA) is 52.0 Å². The number of hydrogen-bond acceptors (Lipinski definition) is 3. The minimum absolute atomic E-state index is 0.235. The van der Waals surface area contributed by atoms with Crippen LogP contribution in [0.4, 0.5) is 13.2 Å². The van der Waals surface area contributed by atoms with Crippen molar-refractivity contribution in [2.75, 3.05) is 6.26 Å². The first-order valence-corrected chi connectivity index (χ1v) is 15.3. The van der Waals surface area contributed by atoms with Crippen molar-refractivity contribution in [2.45, 2.75) is 17.6 Å². The second-order valence-corrected chi connectivity index (χ2v) is 12.5. The van der Waals surface area contributed by atoms with E-state index in [2.05, 4.69) is 0 Å². The lowest BCUT2D eigenvalue weighted by molar-refractivity contribution is -0.137. The average Bonchev–Trinajstić information content (AvgIpc) is 3.33. The van der Waals surface area contributed by atoms with E-state index in [9.17, 15) is 21.6 Å². The van der Waals surface area contributed by atoms with Crippen molar-refractivity contribution >= 4 is 45.2 Å².